The highest BCUT2D eigenvalue weighted by atomic mass is 16.5. The van der Waals surface area contributed by atoms with Crippen molar-refractivity contribution in [3.05, 3.63) is 90.1 Å². The zero-order valence-electron chi connectivity index (χ0n) is 20.8. The summed E-state index contributed by atoms with van der Waals surface area (Å²) in [6.45, 7) is 0.161. The zero-order chi connectivity index (χ0) is 26.1. The Labute approximate surface area is 216 Å². The van der Waals surface area contributed by atoms with Crippen LogP contribution in [0.15, 0.2) is 79.0 Å². The molecule has 3 aromatic rings. The number of carbonyl (C=O) groups excluding carboxylic acids is 2. The first-order valence-electron chi connectivity index (χ1n) is 12.7. The molecule has 2 N–H and O–H groups in total. The summed E-state index contributed by atoms with van der Waals surface area (Å²) in [6.07, 6.45) is 4.89. The van der Waals surface area contributed by atoms with E-state index in [2.05, 4.69) is 10.3 Å². The minimum Gasteiger partial charge on any atom is -0.481 e. The van der Waals surface area contributed by atoms with Gasteiger partial charge in [-0.25, -0.2) is 0 Å². The molecule has 0 saturated heterocycles. The van der Waals surface area contributed by atoms with E-state index in [0.29, 0.717) is 12.8 Å². The number of benzene rings is 2. The number of rotatable bonds is 11. The second kappa shape index (κ2) is 12.3. The van der Waals surface area contributed by atoms with Gasteiger partial charge in [0.15, 0.2) is 0 Å². The van der Waals surface area contributed by atoms with Crippen LogP contribution in [0.3, 0.4) is 0 Å². The fourth-order valence-electron chi connectivity index (χ4n) is 4.88. The van der Waals surface area contributed by atoms with Gasteiger partial charge in [0.2, 0.25) is 5.91 Å². The molecule has 1 aromatic heterocycles. The zero-order valence-corrected chi connectivity index (χ0v) is 20.8. The molecule has 7 nitrogen and oxygen atoms in total. The third-order valence-corrected chi connectivity index (χ3v) is 7.02. The van der Waals surface area contributed by atoms with E-state index in [9.17, 15) is 19.5 Å². The predicted molar refractivity (Wildman–Crippen MR) is 139 cm³/mol. The molecule has 0 radical (unpaired) electrons. The lowest BCUT2D eigenvalue weighted by Gasteiger charge is -2.27. The van der Waals surface area contributed by atoms with Crippen molar-refractivity contribution < 1.29 is 24.2 Å². The van der Waals surface area contributed by atoms with Crippen molar-refractivity contribution in [3.63, 3.8) is 0 Å². The van der Waals surface area contributed by atoms with Gasteiger partial charge in [-0.3, -0.25) is 19.4 Å². The van der Waals surface area contributed by atoms with E-state index in [1.54, 1.807) is 6.20 Å². The maximum absolute atomic E-state index is 13.2. The molecule has 1 aliphatic carbocycles. The van der Waals surface area contributed by atoms with Crippen LogP contribution in [-0.2, 0) is 32.1 Å². The van der Waals surface area contributed by atoms with Crippen LogP contribution in [0.25, 0.3) is 11.3 Å². The van der Waals surface area contributed by atoms with Crippen LogP contribution in [0.1, 0.15) is 43.2 Å². The topological polar surface area (TPSA) is 106 Å². The van der Waals surface area contributed by atoms with Crippen LogP contribution in [0.5, 0.6) is 0 Å². The van der Waals surface area contributed by atoms with Gasteiger partial charge in [0.1, 0.15) is 6.61 Å². The SMILES string of the molecule is O=C(CC1(C(=O)NCC(Cc2ccc(-c3ccccn3)cc2)C(=O)O)CCCC1)OCc1ccccc1. The van der Waals surface area contributed by atoms with E-state index in [-0.39, 0.29) is 31.9 Å². The highest BCUT2D eigenvalue weighted by molar-refractivity contribution is 5.88. The highest BCUT2D eigenvalue weighted by Gasteiger charge is 2.43. The lowest BCUT2D eigenvalue weighted by molar-refractivity contribution is -0.152. The molecular formula is C30H32N2O5. The predicted octanol–water partition coefficient (Wildman–Crippen LogP) is 4.80. The summed E-state index contributed by atoms with van der Waals surface area (Å²) < 4.78 is 5.43. The number of amides is 1. The van der Waals surface area contributed by atoms with Crippen LogP contribution < -0.4 is 5.32 Å². The number of carbonyl (C=O) groups is 3. The number of nitrogens with zero attached hydrogens (tertiary/aromatic N) is 1. The molecule has 0 aliphatic heterocycles. The molecule has 37 heavy (non-hydrogen) atoms. The van der Waals surface area contributed by atoms with E-state index in [0.717, 1.165) is 35.2 Å². The molecule has 1 heterocycles. The Morgan fingerprint density at radius 2 is 1.62 bits per heavy atom. The van der Waals surface area contributed by atoms with Crippen molar-refractivity contribution in [2.45, 2.75) is 45.1 Å². The quantitative estimate of drug-likeness (QED) is 0.366. The normalized spacial score (nSPS) is 15.0. The molecule has 1 aliphatic rings. The lowest BCUT2D eigenvalue weighted by Crippen LogP contribution is -2.44. The highest BCUT2D eigenvalue weighted by Crippen LogP contribution is 2.41. The summed E-state index contributed by atoms with van der Waals surface area (Å²) >= 11 is 0. The Balaban J connectivity index is 1.34. The van der Waals surface area contributed by atoms with Crippen molar-refractivity contribution in [3.8, 4) is 11.3 Å². The monoisotopic (exact) mass is 500 g/mol. The largest absolute Gasteiger partial charge is 0.481 e. The summed E-state index contributed by atoms with van der Waals surface area (Å²) in [4.78, 5) is 42.1. The molecule has 0 bridgehead atoms. The molecule has 1 atom stereocenters. The molecule has 192 valence electrons. The molecule has 1 saturated carbocycles. The Morgan fingerprint density at radius 1 is 0.919 bits per heavy atom. The average molecular weight is 501 g/mol. The number of hydrogen-bond donors (Lipinski definition) is 2. The van der Waals surface area contributed by atoms with Gasteiger partial charge in [-0.15, -0.1) is 0 Å². The first-order valence-corrected chi connectivity index (χ1v) is 12.7. The third kappa shape index (κ3) is 7.03. The smallest absolute Gasteiger partial charge is 0.308 e. The first kappa shape index (κ1) is 26.1. The number of ether oxygens (including phenoxy) is 1. The van der Waals surface area contributed by atoms with Gasteiger partial charge in [-0.2, -0.15) is 0 Å². The number of carboxylic acid groups (broad SMARTS) is 1. The van der Waals surface area contributed by atoms with Crippen molar-refractivity contribution >= 4 is 17.8 Å². The van der Waals surface area contributed by atoms with Gasteiger partial charge in [-0.05, 0) is 42.5 Å². The van der Waals surface area contributed by atoms with Crippen LogP contribution in [-0.4, -0.2) is 34.5 Å². The van der Waals surface area contributed by atoms with Crippen LogP contribution >= 0.6 is 0 Å². The Morgan fingerprint density at radius 3 is 2.27 bits per heavy atom. The van der Waals surface area contributed by atoms with Gasteiger partial charge in [0.25, 0.3) is 0 Å². The van der Waals surface area contributed by atoms with Crippen LogP contribution in [0, 0.1) is 11.3 Å². The van der Waals surface area contributed by atoms with E-state index >= 15 is 0 Å². The van der Waals surface area contributed by atoms with Gasteiger partial charge >= 0.3 is 11.9 Å². The number of carboxylic acids is 1. The first-order chi connectivity index (χ1) is 17.9. The van der Waals surface area contributed by atoms with Crippen LogP contribution in [0.4, 0.5) is 0 Å². The molecule has 1 unspecified atom stereocenters. The van der Waals surface area contributed by atoms with Gasteiger partial charge < -0.3 is 15.2 Å². The molecule has 0 spiro atoms. The molecule has 2 aromatic carbocycles. The number of nitrogens with one attached hydrogen (secondary N) is 1. The van der Waals surface area contributed by atoms with Crippen molar-refractivity contribution in [1.29, 1.82) is 0 Å². The summed E-state index contributed by atoms with van der Waals surface area (Å²) in [5.74, 6) is -2.44. The molecule has 1 amide bonds. The third-order valence-electron chi connectivity index (χ3n) is 7.02. The van der Waals surface area contributed by atoms with Gasteiger partial charge in [0.05, 0.1) is 23.4 Å². The number of esters is 1. The number of aromatic nitrogens is 1. The van der Waals surface area contributed by atoms with E-state index in [1.807, 2.05) is 72.8 Å². The standard InChI is InChI=1S/C30H32N2O5/c33-27(37-21-23-8-2-1-3-9-23)19-30(15-5-6-16-30)29(36)32-20-25(28(34)35)18-22-11-13-24(14-12-22)26-10-4-7-17-31-26/h1-4,7-14,17,25H,5-6,15-16,18-21H2,(H,32,36)(H,34,35). The summed E-state index contributed by atoms with van der Waals surface area (Å²) in [5.41, 5.74) is 2.70. The van der Waals surface area contributed by atoms with Crippen molar-refractivity contribution in [2.75, 3.05) is 6.54 Å². The minimum absolute atomic E-state index is 0.00160. The van der Waals surface area contributed by atoms with E-state index in [1.165, 1.54) is 0 Å². The fraction of sp³-hybridized carbons (Fsp3) is 0.333. The van der Waals surface area contributed by atoms with Crippen LogP contribution in [0.2, 0.25) is 0 Å². The van der Waals surface area contributed by atoms with E-state index < -0.39 is 23.3 Å². The maximum Gasteiger partial charge on any atom is 0.308 e. The molecule has 7 heteroatoms. The van der Waals surface area contributed by atoms with E-state index in [4.69, 9.17) is 4.74 Å². The molecule has 1 fully saturated rings. The number of pyridine rings is 1. The lowest BCUT2D eigenvalue weighted by atomic mass is 9.81. The molecule has 4 rings (SSSR count). The Bertz CT molecular complexity index is 1190. The van der Waals surface area contributed by atoms with Gasteiger partial charge in [-0.1, -0.05) is 73.5 Å². The minimum atomic E-state index is -0.975. The number of aliphatic carboxylic acids is 1. The van der Waals surface area contributed by atoms with Crippen molar-refractivity contribution in [1.82, 2.24) is 10.3 Å². The second-order valence-corrected chi connectivity index (χ2v) is 9.67. The summed E-state index contributed by atoms with van der Waals surface area (Å²) in [5, 5.41) is 12.6. The Hall–Kier alpha value is -4.00. The maximum atomic E-state index is 13.2. The fourth-order valence-corrected chi connectivity index (χ4v) is 4.88. The van der Waals surface area contributed by atoms with Gasteiger partial charge in [0, 0.05) is 18.3 Å². The Kier molecular flexibility index (Phi) is 8.67. The summed E-state index contributed by atoms with van der Waals surface area (Å²) in [6, 6.07) is 22.7. The second-order valence-electron chi connectivity index (χ2n) is 9.67. The average Bonchev–Trinajstić information content (AvgIpc) is 3.40. The summed E-state index contributed by atoms with van der Waals surface area (Å²) in [7, 11) is 0. The van der Waals surface area contributed by atoms with Crippen molar-refractivity contribution in [2.24, 2.45) is 11.3 Å². The number of hydrogen-bond acceptors (Lipinski definition) is 5. The molecular weight excluding hydrogens is 468 g/mol.